The summed E-state index contributed by atoms with van der Waals surface area (Å²) >= 11 is 0. The van der Waals surface area contributed by atoms with Gasteiger partial charge in [0.25, 0.3) is 0 Å². The van der Waals surface area contributed by atoms with Crippen LogP contribution in [0.15, 0.2) is 24.3 Å². The number of hydrogen-bond acceptors (Lipinski definition) is 2. The predicted octanol–water partition coefficient (Wildman–Crippen LogP) is 4.59. The number of hydrogen-bond donors (Lipinski definition) is 1. The van der Waals surface area contributed by atoms with Gasteiger partial charge in [-0.2, -0.15) is 0 Å². The Kier molecular flexibility index (Phi) is 5.54. The van der Waals surface area contributed by atoms with E-state index in [0.717, 1.165) is 43.6 Å². The standard InChI is InChI=1S/C20H29N3O/c1-3-4-14-23-18-13-9-8-12-17(18)22-19(23)15(2)21-20(24)16-10-6-5-7-11-16/h8-9,12-13,15-16H,3-7,10-11,14H2,1-2H3,(H,21,24). The van der Waals surface area contributed by atoms with Crippen molar-refractivity contribution in [1.82, 2.24) is 14.9 Å². The third kappa shape index (κ3) is 3.63. The smallest absolute Gasteiger partial charge is 0.223 e. The zero-order valence-corrected chi connectivity index (χ0v) is 14.9. The third-order valence-corrected chi connectivity index (χ3v) is 5.14. The number of unbranched alkanes of at least 4 members (excludes halogenated alkanes) is 1. The number of para-hydroxylation sites is 2. The number of nitrogens with one attached hydrogen (secondary N) is 1. The summed E-state index contributed by atoms with van der Waals surface area (Å²) in [7, 11) is 0. The second-order valence-corrected chi connectivity index (χ2v) is 7.03. The normalized spacial score (nSPS) is 17.1. The lowest BCUT2D eigenvalue weighted by Gasteiger charge is -2.23. The average Bonchev–Trinajstić information content (AvgIpc) is 2.99. The maximum absolute atomic E-state index is 12.6. The summed E-state index contributed by atoms with van der Waals surface area (Å²) in [5.41, 5.74) is 2.18. The highest BCUT2D eigenvalue weighted by molar-refractivity contribution is 5.80. The molecule has 0 spiro atoms. The largest absolute Gasteiger partial charge is 0.346 e. The Morgan fingerprint density at radius 2 is 2.04 bits per heavy atom. The van der Waals surface area contributed by atoms with Crippen LogP contribution in [0.5, 0.6) is 0 Å². The van der Waals surface area contributed by atoms with Gasteiger partial charge in [0, 0.05) is 12.5 Å². The Morgan fingerprint density at radius 1 is 1.29 bits per heavy atom. The highest BCUT2D eigenvalue weighted by atomic mass is 16.1. The SMILES string of the molecule is CCCCn1c(C(C)NC(=O)C2CCCCC2)nc2ccccc21. The van der Waals surface area contributed by atoms with Crippen LogP contribution in [0, 0.1) is 5.92 Å². The Hall–Kier alpha value is -1.84. The van der Waals surface area contributed by atoms with Crippen LogP contribution in [0.3, 0.4) is 0 Å². The van der Waals surface area contributed by atoms with Crippen molar-refractivity contribution >= 4 is 16.9 Å². The first-order valence-corrected chi connectivity index (χ1v) is 9.46. The molecule has 1 unspecified atom stereocenters. The van der Waals surface area contributed by atoms with Gasteiger partial charge in [0.15, 0.2) is 0 Å². The summed E-state index contributed by atoms with van der Waals surface area (Å²) in [5.74, 6) is 1.37. The van der Waals surface area contributed by atoms with Gasteiger partial charge >= 0.3 is 0 Å². The van der Waals surface area contributed by atoms with E-state index < -0.39 is 0 Å². The van der Waals surface area contributed by atoms with Crippen LogP contribution in [0.1, 0.15) is 70.7 Å². The van der Waals surface area contributed by atoms with Crippen molar-refractivity contribution in [3.63, 3.8) is 0 Å². The van der Waals surface area contributed by atoms with Gasteiger partial charge < -0.3 is 9.88 Å². The minimum Gasteiger partial charge on any atom is -0.346 e. The molecule has 2 aromatic rings. The third-order valence-electron chi connectivity index (χ3n) is 5.14. The van der Waals surface area contributed by atoms with Crippen LogP contribution in [0.25, 0.3) is 11.0 Å². The number of nitrogens with zero attached hydrogens (tertiary/aromatic N) is 2. The summed E-state index contributed by atoms with van der Waals surface area (Å²) in [6.07, 6.45) is 7.97. The fourth-order valence-corrected chi connectivity index (χ4v) is 3.74. The minimum atomic E-state index is -0.0521. The molecule has 1 aromatic carbocycles. The fourth-order valence-electron chi connectivity index (χ4n) is 3.74. The predicted molar refractivity (Wildman–Crippen MR) is 97.8 cm³/mol. The number of carbonyl (C=O) groups excluding carboxylic acids is 1. The van der Waals surface area contributed by atoms with Gasteiger partial charge in [0.1, 0.15) is 5.82 Å². The number of fused-ring (bicyclic) bond motifs is 1. The van der Waals surface area contributed by atoms with Gasteiger partial charge in [0.2, 0.25) is 5.91 Å². The van der Waals surface area contributed by atoms with Crippen LogP contribution in [0.2, 0.25) is 0 Å². The molecule has 1 amide bonds. The molecule has 1 atom stereocenters. The number of imidazole rings is 1. The van der Waals surface area contributed by atoms with Crippen LogP contribution in [-0.2, 0) is 11.3 Å². The molecule has 130 valence electrons. The van der Waals surface area contributed by atoms with Crippen molar-refractivity contribution < 1.29 is 4.79 Å². The lowest BCUT2D eigenvalue weighted by molar-refractivity contribution is -0.126. The number of aromatic nitrogens is 2. The molecule has 24 heavy (non-hydrogen) atoms. The molecule has 0 aliphatic heterocycles. The van der Waals surface area contributed by atoms with Crippen molar-refractivity contribution in [3.8, 4) is 0 Å². The van der Waals surface area contributed by atoms with Gasteiger partial charge in [0.05, 0.1) is 17.1 Å². The van der Waals surface area contributed by atoms with E-state index in [9.17, 15) is 4.79 Å². The van der Waals surface area contributed by atoms with E-state index in [4.69, 9.17) is 4.98 Å². The van der Waals surface area contributed by atoms with Crippen molar-refractivity contribution in [2.24, 2.45) is 5.92 Å². The fraction of sp³-hybridized carbons (Fsp3) is 0.600. The summed E-state index contributed by atoms with van der Waals surface area (Å²) in [4.78, 5) is 17.4. The molecular formula is C20H29N3O. The maximum Gasteiger partial charge on any atom is 0.223 e. The van der Waals surface area contributed by atoms with E-state index in [0.29, 0.717) is 0 Å². The Morgan fingerprint density at radius 3 is 2.79 bits per heavy atom. The number of amides is 1. The number of carbonyl (C=O) groups is 1. The summed E-state index contributed by atoms with van der Waals surface area (Å²) in [6.45, 7) is 5.22. The number of benzene rings is 1. The zero-order chi connectivity index (χ0) is 16.9. The molecule has 0 saturated heterocycles. The van der Waals surface area contributed by atoms with Crippen LogP contribution < -0.4 is 5.32 Å². The van der Waals surface area contributed by atoms with Crippen molar-refractivity contribution in [3.05, 3.63) is 30.1 Å². The Balaban J connectivity index is 1.80. The van der Waals surface area contributed by atoms with Gasteiger partial charge in [-0.3, -0.25) is 4.79 Å². The number of rotatable bonds is 6. The van der Waals surface area contributed by atoms with E-state index in [1.165, 1.54) is 24.8 Å². The maximum atomic E-state index is 12.6. The van der Waals surface area contributed by atoms with Crippen LogP contribution in [0.4, 0.5) is 0 Å². The molecule has 1 N–H and O–H groups in total. The van der Waals surface area contributed by atoms with E-state index in [-0.39, 0.29) is 17.9 Å². The summed E-state index contributed by atoms with van der Waals surface area (Å²) in [5, 5.41) is 3.22. The molecule has 1 heterocycles. The zero-order valence-electron chi connectivity index (χ0n) is 14.9. The second-order valence-electron chi connectivity index (χ2n) is 7.03. The van der Waals surface area contributed by atoms with E-state index in [1.807, 2.05) is 6.07 Å². The topological polar surface area (TPSA) is 46.9 Å². The van der Waals surface area contributed by atoms with E-state index in [2.05, 4.69) is 41.9 Å². The van der Waals surface area contributed by atoms with Crippen LogP contribution >= 0.6 is 0 Å². The molecule has 0 radical (unpaired) electrons. The monoisotopic (exact) mass is 327 g/mol. The number of aryl methyl sites for hydroxylation is 1. The quantitative estimate of drug-likeness (QED) is 0.843. The second kappa shape index (κ2) is 7.82. The molecule has 1 aromatic heterocycles. The van der Waals surface area contributed by atoms with E-state index >= 15 is 0 Å². The lowest BCUT2D eigenvalue weighted by Crippen LogP contribution is -2.35. The first-order valence-electron chi connectivity index (χ1n) is 9.46. The minimum absolute atomic E-state index is 0.0521. The van der Waals surface area contributed by atoms with Crippen molar-refractivity contribution in [2.45, 2.75) is 71.4 Å². The highest BCUT2D eigenvalue weighted by Crippen LogP contribution is 2.26. The first kappa shape index (κ1) is 17.0. The van der Waals surface area contributed by atoms with Crippen LogP contribution in [-0.4, -0.2) is 15.5 Å². The lowest BCUT2D eigenvalue weighted by atomic mass is 9.88. The van der Waals surface area contributed by atoms with Gasteiger partial charge in [-0.25, -0.2) is 4.98 Å². The molecule has 3 rings (SSSR count). The van der Waals surface area contributed by atoms with Crippen molar-refractivity contribution in [2.75, 3.05) is 0 Å². The first-order chi connectivity index (χ1) is 11.7. The van der Waals surface area contributed by atoms with Gasteiger partial charge in [-0.15, -0.1) is 0 Å². The molecule has 4 nitrogen and oxygen atoms in total. The highest BCUT2D eigenvalue weighted by Gasteiger charge is 2.24. The van der Waals surface area contributed by atoms with Gasteiger partial charge in [-0.1, -0.05) is 44.7 Å². The molecular weight excluding hydrogens is 298 g/mol. The molecule has 1 aliphatic carbocycles. The molecule has 1 aliphatic rings. The summed E-state index contributed by atoms with van der Waals surface area (Å²) < 4.78 is 2.28. The van der Waals surface area contributed by atoms with E-state index in [1.54, 1.807) is 0 Å². The molecule has 1 fully saturated rings. The van der Waals surface area contributed by atoms with Gasteiger partial charge in [-0.05, 0) is 38.3 Å². The molecule has 4 heteroatoms. The molecule has 0 bridgehead atoms. The Labute approximate surface area is 144 Å². The molecule has 1 saturated carbocycles. The average molecular weight is 327 g/mol. The Bertz CT molecular complexity index is 685. The summed E-state index contributed by atoms with van der Waals surface area (Å²) in [6, 6.07) is 8.20. The van der Waals surface area contributed by atoms with Crippen molar-refractivity contribution in [1.29, 1.82) is 0 Å².